The molecule has 0 heterocycles. The van der Waals surface area contributed by atoms with Crippen LogP contribution in [-0.4, -0.2) is 32.5 Å². The van der Waals surface area contributed by atoms with Crippen molar-refractivity contribution in [2.24, 2.45) is 5.73 Å². The molecule has 0 saturated carbocycles. The summed E-state index contributed by atoms with van der Waals surface area (Å²) in [4.78, 5) is 0. The third-order valence-electron chi connectivity index (χ3n) is 2.84. The summed E-state index contributed by atoms with van der Waals surface area (Å²) < 4.78 is 16.6. The first-order valence-electron chi connectivity index (χ1n) is 6.71. The number of hydrogen-bond acceptors (Lipinski definition) is 4. The Morgan fingerprint density at radius 1 is 1.26 bits per heavy atom. The quantitative estimate of drug-likeness (QED) is 0.786. The van der Waals surface area contributed by atoms with Crippen molar-refractivity contribution in [2.75, 3.05) is 20.3 Å². The van der Waals surface area contributed by atoms with E-state index in [9.17, 15) is 0 Å². The molecule has 4 heteroatoms. The molecule has 1 aromatic rings. The fourth-order valence-electron chi connectivity index (χ4n) is 1.90. The first-order valence-corrected chi connectivity index (χ1v) is 6.71. The maximum Gasteiger partial charge on any atom is 0.119 e. The molecule has 0 aliphatic rings. The van der Waals surface area contributed by atoms with Crippen molar-refractivity contribution in [2.45, 2.75) is 39.0 Å². The minimum atomic E-state index is -0.162. The van der Waals surface area contributed by atoms with E-state index in [1.165, 1.54) is 0 Å². The molecule has 0 bridgehead atoms. The van der Waals surface area contributed by atoms with Crippen LogP contribution in [0.3, 0.4) is 0 Å². The third-order valence-corrected chi connectivity index (χ3v) is 2.84. The van der Waals surface area contributed by atoms with Crippen LogP contribution < -0.4 is 10.5 Å². The minimum Gasteiger partial charge on any atom is -0.497 e. The van der Waals surface area contributed by atoms with Crippen LogP contribution in [0.15, 0.2) is 24.3 Å². The summed E-state index contributed by atoms with van der Waals surface area (Å²) in [6.07, 6.45) is -0.160. The van der Waals surface area contributed by atoms with E-state index < -0.39 is 0 Å². The molecule has 3 unspecified atom stereocenters. The molecule has 0 aliphatic heterocycles. The van der Waals surface area contributed by atoms with Gasteiger partial charge in [0.1, 0.15) is 5.75 Å². The zero-order valence-corrected chi connectivity index (χ0v) is 12.3. The summed E-state index contributed by atoms with van der Waals surface area (Å²) in [6, 6.07) is 7.72. The number of hydrogen-bond donors (Lipinski definition) is 1. The van der Waals surface area contributed by atoms with E-state index in [1.54, 1.807) is 7.11 Å². The van der Waals surface area contributed by atoms with E-state index in [0.717, 1.165) is 11.3 Å². The second-order valence-corrected chi connectivity index (χ2v) is 4.66. The number of nitrogens with two attached hydrogens (primary N) is 1. The van der Waals surface area contributed by atoms with Gasteiger partial charge in [-0.05, 0) is 38.5 Å². The molecular weight excluding hydrogens is 242 g/mol. The highest BCUT2D eigenvalue weighted by molar-refractivity contribution is 5.30. The normalized spacial score (nSPS) is 15.8. The van der Waals surface area contributed by atoms with Gasteiger partial charge < -0.3 is 19.9 Å². The predicted octanol–water partition coefficient (Wildman–Crippen LogP) is 2.53. The summed E-state index contributed by atoms with van der Waals surface area (Å²) in [6.45, 7) is 7.17. The highest BCUT2D eigenvalue weighted by Gasteiger charge is 2.20. The van der Waals surface area contributed by atoms with E-state index in [0.29, 0.717) is 13.2 Å². The summed E-state index contributed by atoms with van der Waals surface area (Å²) in [5.41, 5.74) is 7.06. The highest BCUT2D eigenvalue weighted by Crippen LogP contribution is 2.25. The lowest BCUT2D eigenvalue weighted by molar-refractivity contribution is -0.0550. The van der Waals surface area contributed by atoms with Gasteiger partial charge in [-0.1, -0.05) is 12.1 Å². The monoisotopic (exact) mass is 267 g/mol. The highest BCUT2D eigenvalue weighted by atomic mass is 16.5. The molecule has 0 saturated heterocycles. The Labute approximate surface area is 115 Å². The Hall–Kier alpha value is -1.10. The molecule has 19 heavy (non-hydrogen) atoms. The topological polar surface area (TPSA) is 53.7 Å². The van der Waals surface area contributed by atoms with Gasteiger partial charge in [-0.3, -0.25) is 0 Å². The van der Waals surface area contributed by atoms with Crippen molar-refractivity contribution < 1.29 is 14.2 Å². The SMILES string of the molecule is CCOCC(C)OC(c1cccc(OC)c1)C(C)N. The second kappa shape index (κ2) is 8.15. The summed E-state index contributed by atoms with van der Waals surface area (Å²) in [5, 5.41) is 0. The average Bonchev–Trinajstić information content (AvgIpc) is 2.42. The fraction of sp³-hybridized carbons (Fsp3) is 0.600. The van der Waals surface area contributed by atoms with E-state index in [2.05, 4.69) is 0 Å². The van der Waals surface area contributed by atoms with Crippen LogP contribution >= 0.6 is 0 Å². The molecule has 3 atom stereocenters. The van der Waals surface area contributed by atoms with Crippen LogP contribution in [-0.2, 0) is 9.47 Å². The maximum absolute atomic E-state index is 6.03. The molecule has 0 fully saturated rings. The smallest absolute Gasteiger partial charge is 0.119 e. The van der Waals surface area contributed by atoms with E-state index in [4.69, 9.17) is 19.9 Å². The van der Waals surface area contributed by atoms with Crippen LogP contribution in [0.1, 0.15) is 32.4 Å². The van der Waals surface area contributed by atoms with Gasteiger partial charge in [0.05, 0.1) is 25.9 Å². The van der Waals surface area contributed by atoms with Crippen molar-refractivity contribution in [1.29, 1.82) is 0 Å². The zero-order chi connectivity index (χ0) is 14.3. The molecule has 0 amide bonds. The molecular formula is C15H25NO3. The van der Waals surface area contributed by atoms with Gasteiger partial charge in [0.15, 0.2) is 0 Å². The zero-order valence-electron chi connectivity index (χ0n) is 12.3. The van der Waals surface area contributed by atoms with Crippen LogP contribution in [0.2, 0.25) is 0 Å². The van der Waals surface area contributed by atoms with Gasteiger partial charge in [0.25, 0.3) is 0 Å². The van der Waals surface area contributed by atoms with Crippen molar-refractivity contribution in [1.82, 2.24) is 0 Å². The predicted molar refractivity (Wildman–Crippen MR) is 76.4 cm³/mol. The summed E-state index contributed by atoms with van der Waals surface area (Å²) in [7, 11) is 1.65. The number of ether oxygens (including phenoxy) is 3. The van der Waals surface area contributed by atoms with Crippen molar-refractivity contribution in [3.63, 3.8) is 0 Å². The molecule has 0 spiro atoms. The molecule has 2 N–H and O–H groups in total. The number of methoxy groups -OCH3 is 1. The van der Waals surface area contributed by atoms with Crippen LogP contribution in [0.5, 0.6) is 5.75 Å². The summed E-state index contributed by atoms with van der Waals surface area (Å²) in [5.74, 6) is 0.809. The van der Waals surface area contributed by atoms with Gasteiger partial charge in [0.2, 0.25) is 0 Å². The molecule has 0 aliphatic carbocycles. The lowest BCUT2D eigenvalue weighted by Crippen LogP contribution is -2.31. The third kappa shape index (κ3) is 5.19. The lowest BCUT2D eigenvalue weighted by Gasteiger charge is -2.26. The Balaban J connectivity index is 2.76. The van der Waals surface area contributed by atoms with Gasteiger partial charge in [0, 0.05) is 12.6 Å². The van der Waals surface area contributed by atoms with Crippen LogP contribution in [0.4, 0.5) is 0 Å². The Bertz CT molecular complexity index is 368. The Morgan fingerprint density at radius 3 is 2.58 bits per heavy atom. The molecule has 4 nitrogen and oxygen atoms in total. The fourth-order valence-corrected chi connectivity index (χ4v) is 1.90. The number of benzene rings is 1. The lowest BCUT2D eigenvalue weighted by atomic mass is 10.0. The first kappa shape index (κ1) is 16.0. The van der Waals surface area contributed by atoms with Gasteiger partial charge in [-0.25, -0.2) is 0 Å². The maximum atomic E-state index is 6.03. The van der Waals surface area contributed by atoms with Gasteiger partial charge >= 0.3 is 0 Å². The van der Waals surface area contributed by atoms with Crippen LogP contribution in [0.25, 0.3) is 0 Å². The number of rotatable bonds is 8. The van der Waals surface area contributed by atoms with E-state index in [1.807, 2.05) is 45.0 Å². The van der Waals surface area contributed by atoms with Gasteiger partial charge in [-0.15, -0.1) is 0 Å². The minimum absolute atomic E-state index is 0.00199. The first-order chi connectivity index (χ1) is 9.08. The van der Waals surface area contributed by atoms with Crippen molar-refractivity contribution in [3.8, 4) is 5.75 Å². The largest absolute Gasteiger partial charge is 0.497 e. The standard InChI is InChI=1S/C15H25NO3/c1-5-18-10-11(2)19-15(12(3)16)13-7-6-8-14(9-13)17-4/h6-9,11-12,15H,5,10,16H2,1-4H3. The van der Waals surface area contributed by atoms with Crippen molar-refractivity contribution in [3.05, 3.63) is 29.8 Å². The molecule has 1 rings (SSSR count). The summed E-state index contributed by atoms with van der Waals surface area (Å²) >= 11 is 0. The van der Waals surface area contributed by atoms with Crippen molar-refractivity contribution >= 4 is 0 Å². The molecule has 1 aromatic carbocycles. The van der Waals surface area contributed by atoms with E-state index >= 15 is 0 Å². The molecule has 0 radical (unpaired) electrons. The van der Waals surface area contributed by atoms with E-state index in [-0.39, 0.29) is 18.2 Å². The van der Waals surface area contributed by atoms with Gasteiger partial charge in [-0.2, -0.15) is 0 Å². The second-order valence-electron chi connectivity index (χ2n) is 4.66. The molecule has 108 valence electrons. The Kier molecular flexibility index (Phi) is 6.84. The van der Waals surface area contributed by atoms with Crippen LogP contribution in [0, 0.1) is 0 Å². The molecule has 0 aromatic heterocycles. The Morgan fingerprint density at radius 2 is 2.00 bits per heavy atom. The average molecular weight is 267 g/mol.